The SMILES string of the molecule is Cc1cc(C)cc(N(CCC#N)C(=O)CN2CCNC(=O)C2)c1. The van der Waals surface area contributed by atoms with Gasteiger partial charge in [-0.15, -0.1) is 0 Å². The molecule has 1 aliphatic rings. The first-order chi connectivity index (χ1) is 11.0. The van der Waals surface area contributed by atoms with E-state index in [1.54, 1.807) is 4.90 Å². The summed E-state index contributed by atoms with van der Waals surface area (Å²) in [7, 11) is 0. The van der Waals surface area contributed by atoms with Crippen LogP contribution in [-0.4, -0.2) is 49.4 Å². The second-order valence-electron chi connectivity index (χ2n) is 5.86. The molecular formula is C17H22N4O2. The van der Waals surface area contributed by atoms with Crippen LogP contribution in [0.5, 0.6) is 0 Å². The van der Waals surface area contributed by atoms with Crippen LogP contribution in [0.1, 0.15) is 17.5 Å². The molecule has 23 heavy (non-hydrogen) atoms. The number of carbonyl (C=O) groups excluding carboxylic acids is 2. The van der Waals surface area contributed by atoms with Gasteiger partial charge < -0.3 is 10.2 Å². The molecule has 1 N–H and O–H groups in total. The van der Waals surface area contributed by atoms with Crippen molar-refractivity contribution in [2.75, 3.05) is 37.6 Å². The van der Waals surface area contributed by atoms with E-state index in [2.05, 4.69) is 11.4 Å². The maximum Gasteiger partial charge on any atom is 0.241 e. The molecule has 0 spiro atoms. The predicted molar refractivity (Wildman–Crippen MR) is 87.9 cm³/mol. The summed E-state index contributed by atoms with van der Waals surface area (Å²) in [5.41, 5.74) is 2.96. The Hall–Kier alpha value is -2.39. The number of hydrogen-bond donors (Lipinski definition) is 1. The van der Waals surface area contributed by atoms with Gasteiger partial charge in [0.05, 0.1) is 25.6 Å². The minimum Gasteiger partial charge on any atom is -0.354 e. The number of aryl methyl sites for hydroxylation is 2. The van der Waals surface area contributed by atoms with Gasteiger partial charge in [-0.3, -0.25) is 14.5 Å². The van der Waals surface area contributed by atoms with Crippen LogP contribution in [0.4, 0.5) is 5.69 Å². The second-order valence-corrected chi connectivity index (χ2v) is 5.86. The standard InChI is InChI=1S/C17H22N4O2/c1-13-8-14(2)10-15(9-13)21(6-3-4-18)17(23)12-20-7-5-19-16(22)11-20/h8-10H,3,5-7,11-12H2,1-2H3,(H,19,22). The zero-order valence-corrected chi connectivity index (χ0v) is 13.6. The van der Waals surface area contributed by atoms with E-state index in [9.17, 15) is 9.59 Å². The molecule has 0 saturated carbocycles. The molecule has 0 unspecified atom stereocenters. The van der Waals surface area contributed by atoms with Gasteiger partial charge in [-0.2, -0.15) is 5.26 Å². The molecule has 1 aromatic carbocycles. The Morgan fingerprint density at radius 2 is 2.04 bits per heavy atom. The summed E-state index contributed by atoms with van der Waals surface area (Å²) in [6.45, 7) is 5.98. The summed E-state index contributed by atoms with van der Waals surface area (Å²) in [5, 5.41) is 11.6. The van der Waals surface area contributed by atoms with E-state index >= 15 is 0 Å². The van der Waals surface area contributed by atoms with Gasteiger partial charge in [0.1, 0.15) is 0 Å². The summed E-state index contributed by atoms with van der Waals surface area (Å²) in [6.07, 6.45) is 0.277. The molecule has 122 valence electrons. The van der Waals surface area contributed by atoms with Crippen LogP contribution in [0.15, 0.2) is 18.2 Å². The summed E-state index contributed by atoms with van der Waals surface area (Å²) in [4.78, 5) is 27.6. The van der Waals surface area contributed by atoms with Crippen LogP contribution in [0.25, 0.3) is 0 Å². The van der Waals surface area contributed by atoms with E-state index in [-0.39, 0.29) is 31.3 Å². The van der Waals surface area contributed by atoms with Gasteiger partial charge in [-0.05, 0) is 37.1 Å². The average molecular weight is 314 g/mol. The van der Waals surface area contributed by atoms with Crippen LogP contribution in [0.2, 0.25) is 0 Å². The van der Waals surface area contributed by atoms with Gasteiger partial charge in [0.2, 0.25) is 11.8 Å². The zero-order valence-electron chi connectivity index (χ0n) is 13.6. The van der Waals surface area contributed by atoms with Crippen molar-refractivity contribution in [3.8, 4) is 6.07 Å². The fraction of sp³-hybridized carbons (Fsp3) is 0.471. The Morgan fingerprint density at radius 3 is 2.65 bits per heavy atom. The normalized spacial score (nSPS) is 14.9. The lowest BCUT2D eigenvalue weighted by Crippen LogP contribution is -2.51. The lowest BCUT2D eigenvalue weighted by Gasteiger charge is -2.29. The molecule has 6 heteroatoms. The summed E-state index contributed by atoms with van der Waals surface area (Å²) >= 11 is 0. The number of nitrogens with one attached hydrogen (secondary N) is 1. The van der Waals surface area contributed by atoms with E-state index in [4.69, 9.17) is 5.26 Å². The molecule has 0 atom stereocenters. The number of carbonyl (C=O) groups is 2. The first-order valence-electron chi connectivity index (χ1n) is 7.74. The van der Waals surface area contributed by atoms with Crippen LogP contribution >= 0.6 is 0 Å². The number of piperazine rings is 1. The van der Waals surface area contributed by atoms with Gasteiger partial charge >= 0.3 is 0 Å². The highest BCUT2D eigenvalue weighted by atomic mass is 16.2. The highest BCUT2D eigenvalue weighted by Gasteiger charge is 2.22. The van der Waals surface area contributed by atoms with E-state index in [0.29, 0.717) is 19.6 Å². The number of nitrogens with zero attached hydrogens (tertiary/aromatic N) is 3. The molecule has 1 saturated heterocycles. The maximum atomic E-state index is 12.7. The van der Waals surface area contributed by atoms with Crippen LogP contribution in [0.3, 0.4) is 0 Å². The highest BCUT2D eigenvalue weighted by Crippen LogP contribution is 2.19. The molecule has 2 amide bonds. The average Bonchev–Trinajstić information content (AvgIpc) is 2.46. The number of amides is 2. The molecule has 0 radical (unpaired) electrons. The molecule has 0 aromatic heterocycles. The molecule has 6 nitrogen and oxygen atoms in total. The van der Waals surface area contributed by atoms with Crippen molar-refractivity contribution in [2.45, 2.75) is 20.3 Å². The number of rotatable bonds is 5. The topological polar surface area (TPSA) is 76.4 Å². The smallest absolute Gasteiger partial charge is 0.241 e. The Bertz CT molecular complexity index is 616. The predicted octanol–water partition coefficient (Wildman–Crippen LogP) is 0.982. The van der Waals surface area contributed by atoms with Gasteiger partial charge in [-0.1, -0.05) is 6.07 Å². The molecule has 1 aliphatic heterocycles. The number of anilines is 1. The molecule has 0 aliphatic carbocycles. The van der Waals surface area contributed by atoms with E-state index in [0.717, 1.165) is 16.8 Å². The van der Waals surface area contributed by atoms with Crippen LogP contribution in [-0.2, 0) is 9.59 Å². The third-order valence-corrected chi connectivity index (χ3v) is 3.74. The third kappa shape index (κ3) is 4.80. The van der Waals surface area contributed by atoms with Gasteiger partial charge in [0.15, 0.2) is 0 Å². The Morgan fingerprint density at radius 1 is 1.35 bits per heavy atom. The fourth-order valence-electron chi connectivity index (χ4n) is 2.77. The number of hydrogen-bond acceptors (Lipinski definition) is 4. The lowest BCUT2D eigenvalue weighted by atomic mass is 10.1. The second kappa shape index (κ2) is 7.75. The van der Waals surface area contributed by atoms with E-state index < -0.39 is 0 Å². The molecule has 2 rings (SSSR count). The van der Waals surface area contributed by atoms with Gasteiger partial charge in [-0.25, -0.2) is 0 Å². The Kier molecular flexibility index (Phi) is 5.72. The first-order valence-corrected chi connectivity index (χ1v) is 7.74. The molecule has 1 fully saturated rings. The molecule has 1 aromatic rings. The monoisotopic (exact) mass is 314 g/mol. The zero-order chi connectivity index (χ0) is 16.8. The fourth-order valence-corrected chi connectivity index (χ4v) is 2.77. The molecule has 1 heterocycles. The molecular weight excluding hydrogens is 292 g/mol. The molecule has 0 bridgehead atoms. The van der Waals surface area contributed by atoms with Crippen LogP contribution in [0, 0.1) is 25.2 Å². The van der Waals surface area contributed by atoms with Gasteiger partial charge in [0, 0.05) is 25.3 Å². The van der Waals surface area contributed by atoms with Crippen LogP contribution < -0.4 is 10.2 Å². The Balaban J connectivity index is 2.15. The quantitative estimate of drug-likeness (QED) is 0.879. The lowest BCUT2D eigenvalue weighted by molar-refractivity contribution is -0.126. The largest absolute Gasteiger partial charge is 0.354 e. The van der Waals surface area contributed by atoms with Crippen molar-refractivity contribution < 1.29 is 9.59 Å². The summed E-state index contributed by atoms with van der Waals surface area (Å²) in [5.74, 6) is -0.140. The number of nitriles is 1. The van der Waals surface area contributed by atoms with Crippen molar-refractivity contribution >= 4 is 17.5 Å². The van der Waals surface area contributed by atoms with Crippen molar-refractivity contribution in [3.05, 3.63) is 29.3 Å². The van der Waals surface area contributed by atoms with E-state index in [1.807, 2.05) is 36.9 Å². The summed E-state index contributed by atoms with van der Waals surface area (Å²) < 4.78 is 0. The minimum absolute atomic E-state index is 0.0565. The van der Waals surface area contributed by atoms with E-state index in [1.165, 1.54) is 0 Å². The highest BCUT2D eigenvalue weighted by molar-refractivity contribution is 5.95. The number of benzene rings is 1. The maximum absolute atomic E-state index is 12.7. The summed E-state index contributed by atoms with van der Waals surface area (Å²) in [6, 6.07) is 8.04. The van der Waals surface area contributed by atoms with Crippen molar-refractivity contribution in [1.29, 1.82) is 5.26 Å². The first kappa shape index (κ1) is 17.0. The van der Waals surface area contributed by atoms with Crippen molar-refractivity contribution in [1.82, 2.24) is 10.2 Å². The van der Waals surface area contributed by atoms with Gasteiger partial charge in [0.25, 0.3) is 0 Å². The Labute approximate surface area is 136 Å². The van der Waals surface area contributed by atoms with Crippen molar-refractivity contribution in [2.24, 2.45) is 0 Å². The van der Waals surface area contributed by atoms with Crippen molar-refractivity contribution in [3.63, 3.8) is 0 Å². The minimum atomic E-state index is -0.0834. The third-order valence-electron chi connectivity index (χ3n) is 3.74.